The molecule has 0 spiro atoms. The van der Waals surface area contributed by atoms with Crippen LogP contribution in [-0.2, 0) is 9.53 Å². The zero-order chi connectivity index (χ0) is 18.4. The van der Waals surface area contributed by atoms with Crippen molar-refractivity contribution in [2.24, 2.45) is 5.92 Å². The van der Waals surface area contributed by atoms with Crippen molar-refractivity contribution < 1.29 is 18.8 Å². The van der Waals surface area contributed by atoms with Gasteiger partial charge < -0.3 is 4.74 Å². The van der Waals surface area contributed by atoms with Gasteiger partial charge in [-0.15, -0.1) is 0 Å². The molecule has 0 unspecified atom stereocenters. The summed E-state index contributed by atoms with van der Waals surface area (Å²) in [6.45, 7) is 7.03. The first-order valence-corrected chi connectivity index (χ1v) is 8.55. The van der Waals surface area contributed by atoms with Gasteiger partial charge in [-0.25, -0.2) is 4.39 Å². The number of rotatable bonds is 4. The molecule has 1 saturated carbocycles. The third-order valence-corrected chi connectivity index (χ3v) is 4.91. The fraction of sp³-hybridized carbons (Fsp3) is 0.611. The molecule has 136 valence electrons. The maximum absolute atomic E-state index is 14.0. The van der Waals surface area contributed by atoms with E-state index in [0.29, 0.717) is 11.6 Å². The second-order valence-electron chi connectivity index (χ2n) is 7.97. The summed E-state index contributed by atoms with van der Waals surface area (Å²) in [5.74, 6) is -0.637. The average Bonchev–Trinajstić information content (AvgIpc) is 2.38. The lowest BCUT2D eigenvalue weighted by Gasteiger charge is -2.50. The van der Waals surface area contributed by atoms with Gasteiger partial charge in [0.15, 0.2) is 0 Å². The van der Waals surface area contributed by atoms with Crippen molar-refractivity contribution in [3.63, 3.8) is 0 Å². The number of likely N-dealkylation sites (tertiary alicyclic amines) is 1. The second-order valence-corrected chi connectivity index (χ2v) is 7.97. The lowest BCUT2D eigenvalue weighted by molar-refractivity contribution is -0.385. The summed E-state index contributed by atoms with van der Waals surface area (Å²) in [5.41, 5.74) is -0.154. The van der Waals surface area contributed by atoms with Crippen molar-refractivity contribution in [1.82, 2.24) is 4.90 Å². The van der Waals surface area contributed by atoms with Crippen LogP contribution < -0.4 is 0 Å². The number of nitro benzene ring substituents is 1. The molecule has 1 aromatic rings. The molecule has 1 heterocycles. The van der Waals surface area contributed by atoms with Gasteiger partial charge >= 0.3 is 5.97 Å². The van der Waals surface area contributed by atoms with Gasteiger partial charge in [0.05, 0.1) is 16.9 Å². The maximum atomic E-state index is 14.0. The number of non-ortho nitro benzene ring substituents is 1. The highest BCUT2D eigenvalue weighted by atomic mass is 19.1. The van der Waals surface area contributed by atoms with E-state index in [4.69, 9.17) is 4.74 Å². The summed E-state index contributed by atoms with van der Waals surface area (Å²) in [5, 5.41) is 10.7. The first kappa shape index (κ1) is 17.8. The fourth-order valence-corrected chi connectivity index (χ4v) is 3.43. The maximum Gasteiger partial charge on any atom is 0.309 e. The van der Waals surface area contributed by atoms with E-state index >= 15 is 0 Å². The highest BCUT2D eigenvalue weighted by Gasteiger charge is 2.44. The molecule has 0 atom stereocenters. The van der Waals surface area contributed by atoms with Gasteiger partial charge in [0.1, 0.15) is 11.4 Å². The molecule has 1 aliphatic heterocycles. The minimum atomic E-state index is -0.592. The lowest BCUT2D eigenvalue weighted by Crippen LogP contribution is -2.56. The van der Waals surface area contributed by atoms with Crippen molar-refractivity contribution in [3.05, 3.63) is 39.7 Å². The second kappa shape index (κ2) is 6.37. The topological polar surface area (TPSA) is 72.7 Å². The van der Waals surface area contributed by atoms with E-state index in [1.165, 1.54) is 12.1 Å². The van der Waals surface area contributed by atoms with Gasteiger partial charge in [0.2, 0.25) is 0 Å². The standard InChI is InChI=1S/C18H23FN2O4/c1-18(2,3)25-17(22)11-6-14(7-11)20-9-12(10-20)15-5-4-13(21(23)24)8-16(15)19/h4-5,8,11-12,14H,6-7,9-10H2,1-3H3/t11-,14-. The number of carbonyl (C=O) groups is 1. The summed E-state index contributed by atoms with van der Waals surface area (Å²) >= 11 is 0. The Morgan fingerprint density at radius 3 is 2.48 bits per heavy atom. The highest BCUT2D eigenvalue weighted by molar-refractivity contribution is 5.74. The molecular weight excluding hydrogens is 327 g/mol. The number of hydrogen-bond acceptors (Lipinski definition) is 5. The fourth-order valence-electron chi connectivity index (χ4n) is 3.43. The van der Waals surface area contributed by atoms with Crippen LogP contribution in [0.25, 0.3) is 0 Å². The van der Waals surface area contributed by atoms with Crippen LogP contribution in [-0.4, -0.2) is 40.5 Å². The van der Waals surface area contributed by atoms with Gasteiger partial charge in [-0.05, 0) is 45.2 Å². The van der Waals surface area contributed by atoms with Crippen molar-refractivity contribution in [2.45, 2.75) is 51.2 Å². The molecule has 0 aromatic heterocycles. The van der Waals surface area contributed by atoms with Gasteiger partial charge in [0, 0.05) is 31.1 Å². The molecule has 7 heteroatoms. The zero-order valence-corrected chi connectivity index (χ0v) is 14.7. The van der Waals surface area contributed by atoms with E-state index in [2.05, 4.69) is 4.90 Å². The molecule has 0 amide bonds. The molecule has 2 aliphatic rings. The molecule has 1 saturated heterocycles. The molecule has 0 N–H and O–H groups in total. The normalized spacial score (nSPS) is 24.3. The molecule has 1 aliphatic carbocycles. The van der Waals surface area contributed by atoms with Gasteiger partial charge in [-0.2, -0.15) is 0 Å². The minimum Gasteiger partial charge on any atom is -0.460 e. The molecule has 0 radical (unpaired) electrons. The molecule has 2 fully saturated rings. The summed E-state index contributed by atoms with van der Waals surface area (Å²) in [6, 6.07) is 4.19. The Balaban J connectivity index is 1.48. The van der Waals surface area contributed by atoms with Crippen LogP contribution >= 0.6 is 0 Å². The van der Waals surface area contributed by atoms with Crippen molar-refractivity contribution in [1.29, 1.82) is 0 Å². The lowest BCUT2D eigenvalue weighted by atomic mass is 9.76. The first-order chi connectivity index (χ1) is 11.6. The van der Waals surface area contributed by atoms with Crippen LogP contribution in [0.4, 0.5) is 10.1 Å². The van der Waals surface area contributed by atoms with Crippen LogP contribution in [0.15, 0.2) is 18.2 Å². The van der Waals surface area contributed by atoms with E-state index in [-0.39, 0.29) is 23.5 Å². The summed E-state index contributed by atoms with van der Waals surface area (Å²) in [6.07, 6.45) is 1.56. The Morgan fingerprint density at radius 1 is 1.32 bits per heavy atom. The number of carbonyl (C=O) groups excluding carboxylic acids is 1. The van der Waals surface area contributed by atoms with Gasteiger partial charge in [-0.3, -0.25) is 19.8 Å². The summed E-state index contributed by atoms with van der Waals surface area (Å²) in [4.78, 5) is 24.3. The van der Waals surface area contributed by atoms with E-state index in [1.807, 2.05) is 20.8 Å². The van der Waals surface area contributed by atoms with Gasteiger partial charge in [-0.1, -0.05) is 0 Å². The van der Waals surface area contributed by atoms with E-state index in [1.54, 1.807) is 0 Å². The van der Waals surface area contributed by atoms with Crippen LogP contribution in [0.2, 0.25) is 0 Å². The molecule has 3 rings (SSSR count). The monoisotopic (exact) mass is 350 g/mol. The number of esters is 1. The third kappa shape index (κ3) is 3.81. The van der Waals surface area contributed by atoms with E-state index in [9.17, 15) is 19.3 Å². The third-order valence-electron chi connectivity index (χ3n) is 4.91. The quantitative estimate of drug-likeness (QED) is 0.473. The highest BCUT2D eigenvalue weighted by Crippen LogP contribution is 2.40. The van der Waals surface area contributed by atoms with Crippen LogP contribution in [0.3, 0.4) is 0 Å². The molecule has 25 heavy (non-hydrogen) atoms. The molecule has 0 bridgehead atoms. The van der Waals surface area contributed by atoms with E-state index in [0.717, 1.165) is 32.0 Å². The Bertz CT molecular complexity index is 689. The molecule has 1 aromatic carbocycles. The molecular formula is C18H23FN2O4. The average molecular weight is 350 g/mol. The number of benzene rings is 1. The Kier molecular flexibility index (Phi) is 4.53. The van der Waals surface area contributed by atoms with Crippen LogP contribution in [0.5, 0.6) is 0 Å². The largest absolute Gasteiger partial charge is 0.460 e. The number of hydrogen-bond donors (Lipinski definition) is 0. The van der Waals surface area contributed by atoms with Crippen molar-refractivity contribution in [3.8, 4) is 0 Å². The SMILES string of the molecule is CC(C)(C)OC(=O)[C@H]1C[C@H](N2CC(c3ccc([N+](=O)[O-])cc3F)C2)C1. The predicted molar refractivity (Wildman–Crippen MR) is 89.7 cm³/mol. The first-order valence-electron chi connectivity index (χ1n) is 8.55. The van der Waals surface area contributed by atoms with Gasteiger partial charge in [0.25, 0.3) is 5.69 Å². The van der Waals surface area contributed by atoms with Crippen molar-refractivity contribution in [2.75, 3.05) is 13.1 Å². The van der Waals surface area contributed by atoms with Crippen molar-refractivity contribution >= 4 is 11.7 Å². The zero-order valence-electron chi connectivity index (χ0n) is 14.7. The Labute approximate surface area is 146 Å². The van der Waals surface area contributed by atoms with Crippen LogP contribution in [0, 0.1) is 21.8 Å². The Hall–Kier alpha value is -2.02. The van der Waals surface area contributed by atoms with E-state index < -0.39 is 16.3 Å². The number of ether oxygens (including phenoxy) is 1. The number of halogens is 1. The van der Waals surface area contributed by atoms with Crippen LogP contribution in [0.1, 0.15) is 45.1 Å². The smallest absolute Gasteiger partial charge is 0.309 e. The number of nitrogens with zero attached hydrogens (tertiary/aromatic N) is 2. The minimum absolute atomic E-state index is 0.0422. The number of nitro groups is 1. The summed E-state index contributed by atoms with van der Waals surface area (Å²) < 4.78 is 19.4. The predicted octanol–water partition coefficient (Wildman–Crippen LogP) is 3.25. The molecule has 6 nitrogen and oxygen atoms in total. The Morgan fingerprint density at radius 2 is 1.96 bits per heavy atom. The summed E-state index contributed by atoms with van der Waals surface area (Å²) in [7, 11) is 0.